The molecule has 8 nitrogen and oxygen atoms in total. The molecule has 126 valence electrons. The molecule has 0 radical (unpaired) electrons. The first kappa shape index (κ1) is 16.1. The van der Waals surface area contributed by atoms with Crippen LogP contribution in [0.3, 0.4) is 0 Å². The van der Waals surface area contributed by atoms with Gasteiger partial charge in [0.1, 0.15) is 6.04 Å². The number of rotatable bonds is 5. The molecule has 1 unspecified atom stereocenters. The van der Waals surface area contributed by atoms with Crippen molar-refractivity contribution in [2.45, 2.75) is 18.9 Å². The number of ether oxygens (including phenoxy) is 1. The summed E-state index contributed by atoms with van der Waals surface area (Å²) in [7, 11) is 0. The lowest BCUT2D eigenvalue weighted by Gasteiger charge is -2.33. The largest absolute Gasteiger partial charge is 0.481 e. The lowest BCUT2D eigenvalue weighted by atomic mass is 10.2. The Labute approximate surface area is 138 Å². The van der Waals surface area contributed by atoms with E-state index in [-0.39, 0.29) is 31.2 Å². The summed E-state index contributed by atoms with van der Waals surface area (Å²) < 4.78 is 10.7. The number of aliphatic carboxylic acids is 1. The van der Waals surface area contributed by atoms with Crippen LogP contribution in [-0.2, 0) is 14.3 Å². The van der Waals surface area contributed by atoms with Gasteiger partial charge in [0.2, 0.25) is 11.7 Å². The molecule has 1 amide bonds. The number of nitrogens with zero attached hydrogens (tertiary/aromatic N) is 3. The number of carbonyl (C=O) groups excluding carboxylic acids is 1. The van der Waals surface area contributed by atoms with E-state index >= 15 is 0 Å². The second-order valence-corrected chi connectivity index (χ2v) is 5.39. The molecular formula is C16H17N3O5. The Bertz CT molecular complexity index is 716. The number of hydrogen-bond donors (Lipinski definition) is 1. The van der Waals surface area contributed by atoms with E-state index in [9.17, 15) is 9.59 Å². The number of amides is 1. The van der Waals surface area contributed by atoms with E-state index in [0.29, 0.717) is 19.0 Å². The molecule has 0 spiro atoms. The molecule has 2 aromatic rings. The minimum Gasteiger partial charge on any atom is -0.481 e. The van der Waals surface area contributed by atoms with Crippen molar-refractivity contribution < 1.29 is 24.0 Å². The Morgan fingerprint density at radius 1 is 1.25 bits per heavy atom. The maximum Gasteiger partial charge on any atom is 0.303 e. The Morgan fingerprint density at radius 2 is 2.04 bits per heavy atom. The Morgan fingerprint density at radius 3 is 2.79 bits per heavy atom. The number of aromatic nitrogens is 2. The van der Waals surface area contributed by atoms with Crippen molar-refractivity contribution >= 4 is 11.9 Å². The third kappa shape index (κ3) is 3.60. The molecule has 1 aromatic carbocycles. The average Bonchev–Trinajstić information content (AvgIpc) is 3.10. The maximum absolute atomic E-state index is 12.3. The topological polar surface area (TPSA) is 106 Å². The molecule has 1 N–H and O–H groups in total. The highest BCUT2D eigenvalue weighted by atomic mass is 16.5. The van der Waals surface area contributed by atoms with E-state index in [1.165, 1.54) is 0 Å². The third-order valence-corrected chi connectivity index (χ3v) is 3.76. The van der Waals surface area contributed by atoms with Gasteiger partial charge >= 0.3 is 5.97 Å². The van der Waals surface area contributed by atoms with Crippen molar-refractivity contribution in [3.05, 3.63) is 36.2 Å². The molecule has 1 fully saturated rings. The number of carboxylic acid groups (broad SMARTS) is 1. The normalized spacial score (nSPS) is 17.7. The molecular weight excluding hydrogens is 314 g/mol. The van der Waals surface area contributed by atoms with Crippen molar-refractivity contribution in [1.29, 1.82) is 0 Å². The highest BCUT2D eigenvalue weighted by Gasteiger charge is 2.32. The minimum atomic E-state index is -1.00. The molecule has 0 aliphatic carbocycles. The van der Waals surface area contributed by atoms with Crippen LogP contribution in [0.2, 0.25) is 0 Å². The molecule has 1 atom stereocenters. The van der Waals surface area contributed by atoms with Crippen LogP contribution in [-0.4, -0.2) is 51.8 Å². The monoisotopic (exact) mass is 331 g/mol. The third-order valence-electron chi connectivity index (χ3n) is 3.76. The number of benzene rings is 1. The van der Waals surface area contributed by atoms with Gasteiger partial charge in [-0.2, -0.15) is 4.98 Å². The second-order valence-electron chi connectivity index (χ2n) is 5.39. The van der Waals surface area contributed by atoms with E-state index in [4.69, 9.17) is 14.4 Å². The first-order chi connectivity index (χ1) is 11.6. The fraction of sp³-hybridized carbons (Fsp3) is 0.375. The first-order valence-corrected chi connectivity index (χ1v) is 7.63. The average molecular weight is 331 g/mol. The van der Waals surface area contributed by atoms with Gasteiger partial charge in [0.05, 0.1) is 19.6 Å². The van der Waals surface area contributed by atoms with Crippen LogP contribution in [0.15, 0.2) is 34.9 Å². The molecule has 2 heterocycles. The Kier molecular flexibility index (Phi) is 4.85. The van der Waals surface area contributed by atoms with Crippen molar-refractivity contribution in [1.82, 2.24) is 15.0 Å². The zero-order valence-corrected chi connectivity index (χ0v) is 12.9. The Hall–Kier alpha value is -2.74. The summed E-state index contributed by atoms with van der Waals surface area (Å²) in [5.74, 6) is -0.534. The number of carboxylic acids is 1. The summed E-state index contributed by atoms with van der Waals surface area (Å²) in [5.41, 5.74) is 0.813. The van der Waals surface area contributed by atoms with E-state index in [1.54, 1.807) is 4.90 Å². The highest BCUT2D eigenvalue weighted by molar-refractivity contribution is 5.81. The number of hydrogen-bond acceptors (Lipinski definition) is 6. The van der Waals surface area contributed by atoms with Crippen LogP contribution in [0.4, 0.5) is 0 Å². The maximum atomic E-state index is 12.3. The SMILES string of the molecule is O=C(O)CCC(=O)N1CCOCC1c1nc(-c2ccccc2)no1. The zero-order chi connectivity index (χ0) is 16.9. The minimum absolute atomic E-state index is 0.0640. The molecule has 1 aromatic heterocycles. The standard InChI is InChI=1S/C16H17N3O5/c20-13(6-7-14(21)22)19-8-9-23-10-12(19)16-17-15(18-24-16)11-4-2-1-3-5-11/h1-5,12H,6-10H2,(H,21,22). The van der Waals surface area contributed by atoms with Gasteiger partial charge in [-0.3, -0.25) is 9.59 Å². The summed E-state index contributed by atoms with van der Waals surface area (Å²) >= 11 is 0. The molecule has 0 saturated carbocycles. The predicted molar refractivity (Wildman–Crippen MR) is 81.9 cm³/mol. The number of morpholine rings is 1. The number of carbonyl (C=O) groups is 2. The van der Waals surface area contributed by atoms with Crippen LogP contribution in [0, 0.1) is 0 Å². The van der Waals surface area contributed by atoms with Crippen molar-refractivity contribution in [2.24, 2.45) is 0 Å². The van der Waals surface area contributed by atoms with Crippen LogP contribution < -0.4 is 0 Å². The predicted octanol–water partition coefficient (Wildman–Crippen LogP) is 1.50. The zero-order valence-electron chi connectivity index (χ0n) is 12.9. The van der Waals surface area contributed by atoms with E-state index in [0.717, 1.165) is 5.56 Å². The highest BCUT2D eigenvalue weighted by Crippen LogP contribution is 2.26. The molecule has 1 saturated heterocycles. The van der Waals surface area contributed by atoms with Gasteiger partial charge in [0.25, 0.3) is 5.89 Å². The lowest BCUT2D eigenvalue weighted by molar-refractivity contribution is -0.145. The molecule has 1 aliphatic heterocycles. The van der Waals surface area contributed by atoms with Crippen molar-refractivity contribution in [3.8, 4) is 11.4 Å². The van der Waals surface area contributed by atoms with Crippen molar-refractivity contribution in [3.63, 3.8) is 0 Å². The van der Waals surface area contributed by atoms with Gasteiger partial charge in [0, 0.05) is 18.5 Å². The smallest absolute Gasteiger partial charge is 0.303 e. The van der Waals surface area contributed by atoms with E-state index in [1.807, 2.05) is 30.3 Å². The van der Waals surface area contributed by atoms with E-state index < -0.39 is 12.0 Å². The first-order valence-electron chi connectivity index (χ1n) is 7.63. The molecule has 0 bridgehead atoms. The molecule has 1 aliphatic rings. The quantitative estimate of drug-likeness (QED) is 0.885. The Balaban J connectivity index is 1.77. The lowest BCUT2D eigenvalue weighted by Crippen LogP contribution is -2.43. The summed E-state index contributed by atoms with van der Waals surface area (Å²) in [6.45, 7) is 1.01. The van der Waals surface area contributed by atoms with Gasteiger partial charge < -0.3 is 19.3 Å². The van der Waals surface area contributed by atoms with E-state index in [2.05, 4.69) is 10.1 Å². The second kappa shape index (κ2) is 7.22. The van der Waals surface area contributed by atoms with Gasteiger partial charge in [-0.15, -0.1) is 0 Å². The molecule has 3 rings (SSSR count). The fourth-order valence-electron chi connectivity index (χ4n) is 2.54. The van der Waals surface area contributed by atoms with Crippen LogP contribution in [0.5, 0.6) is 0 Å². The summed E-state index contributed by atoms with van der Waals surface area (Å²) in [5, 5.41) is 12.7. The van der Waals surface area contributed by atoms with Crippen LogP contribution in [0.1, 0.15) is 24.8 Å². The fourth-order valence-corrected chi connectivity index (χ4v) is 2.54. The molecule has 24 heavy (non-hydrogen) atoms. The molecule has 8 heteroatoms. The summed E-state index contributed by atoms with van der Waals surface area (Å²) in [6, 6.07) is 8.87. The van der Waals surface area contributed by atoms with Crippen LogP contribution in [0.25, 0.3) is 11.4 Å². The van der Waals surface area contributed by atoms with Gasteiger partial charge in [-0.1, -0.05) is 35.5 Å². The summed E-state index contributed by atoms with van der Waals surface area (Å²) in [4.78, 5) is 28.9. The van der Waals surface area contributed by atoms with Crippen molar-refractivity contribution in [2.75, 3.05) is 19.8 Å². The van der Waals surface area contributed by atoms with Gasteiger partial charge in [-0.05, 0) is 0 Å². The van der Waals surface area contributed by atoms with Gasteiger partial charge in [-0.25, -0.2) is 0 Å². The van der Waals surface area contributed by atoms with Crippen LogP contribution >= 0.6 is 0 Å². The van der Waals surface area contributed by atoms with Gasteiger partial charge in [0.15, 0.2) is 0 Å². The summed E-state index contributed by atoms with van der Waals surface area (Å²) in [6.07, 6.45) is -0.270.